The van der Waals surface area contributed by atoms with Gasteiger partial charge in [0.2, 0.25) is 0 Å². The summed E-state index contributed by atoms with van der Waals surface area (Å²) < 4.78 is 41.2. The molecular weight excluding hydrogens is 303 g/mol. The zero-order valence-corrected chi connectivity index (χ0v) is 10.3. The van der Waals surface area contributed by atoms with E-state index >= 15 is 0 Å². The van der Waals surface area contributed by atoms with Gasteiger partial charge in [0.25, 0.3) is 0 Å². The van der Waals surface area contributed by atoms with Gasteiger partial charge in [-0.1, -0.05) is 6.07 Å². The lowest BCUT2D eigenvalue weighted by Crippen LogP contribution is -2.13. The first kappa shape index (κ1) is 15.8. The van der Waals surface area contributed by atoms with E-state index in [9.17, 15) is 22.8 Å². The molecule has 0 fully saturated rings. The highest BCUT2D eigenvalue weighted by Gasteiger charge is 2.30. The molecule has 0 atom stereocenters. The molecule has 1 rings (SSSR count). The molecule has 1 aromatic rings. The molecule has 1 aromatic carbocycles. The zero-order valence-electron chi connectivity index (χ0n) is 9.57. The second-order valence-electron chi connectivity index (χ2n) is 3.46. The van der Waals surface area contributed by atoms with Gasteiger partial charge >= 0.3 is 18.1 Å². The molecule has 0 aliphatic rings. The number of alkyl halides is 3. The molecule has 0 amide bonds. The number of carboxylic acids is 1. The highest BCUT2D eigenvalue weighted by Crippen LogP contribution is 2.30. The van der Waals surface area contributed by atoms with Crippen molar-refractivity contribution in [3.05, 3.63) is 41.6 Å². The van der Waals surface area contributed by atoms with E-state index < -0.39 is 29.4 Å². The van der Waals surface area contributed by atoms with Crippen LogP contribution in [-0.2, 0) is 20.1 Å². The molecule has 2 N–H and O–H groups in total. The Morgan fingerprint density at radius 2 is 2.00 bits per heavy atom. The summed E-state index contributed by atoms with van der Waals surface area (Å²) in [6, 6.07) is 3.81. The predicted molar refractivity (Wildman–Crippen MR) is 62.7 cm³/mol. The molecule has 0 aliphatic heterocycles. The number of anilines is 1. The molecule has 108 valence electrons. The smallest absolute Gasteiger partial charge is 0.416 e. The first-order chi connectivity index (χ1) is 9.24. The zero-order chi connectivity index (χ0) is 15.3. The fourth-order valence-electron chi connectivity index (χ4n) is 1.22. The van der Waals surface area contributed by atoms with Crippen LogP contribution in [0.25, 0.3) is 0 Å². The Morgan fingerprint density at radius 1 is 1.35 bits per heavy atom. The standard InChI is InChI=1S/C11H7ClF3NO4/c12-20-9(17)5-8(10(18)19)16-7-3-1-2-6(4-7)11(13,14)15/h1-5,16H,(H,18,19). The second kappa shape index (κ2) is 6.29. The van der Waals surface area contributed by atoms with Crippen LogP contribution in [0.3, 0.4) is 0 Å². The third-order valence-electron chi connectivity index (χ3n) is 2.04. The van der Waals surface area contributed by atoms with E-state index in [2.05, 4.69) is 9.61 Å². The van der Waals surface area contributed by atoms with Gasteiger partial charge in [0.05, 0.1) is 11.6 Å². The van der Waals surface area contributed by atoms with Crippen LogP contribution < -0.4 is 5.32 Å². The van der Waals surface area contributed by atoms with Crippen molar-refractivity contribution >= 4 is 29.5 Å². The average molecular weight is 310 g/mol. The first-order valence-electron chi connectivity index (χ1n) is 4.96. The Labute approximate surface area is 115 Å². The molecule has 5 nitrogen and oxygen atoms in total. The van der Waals surface area contributed by atoms with Crippen LogP contribution in [0, 0.1) is 0 Å². The monoisotopic (exact) mass is 309 g/mol. The number of nitrogens with one attached hydrogen (secondary N) is 1. The van der Waals surface area contributed by atoms with Crippen molar-refractivity contribution in [3.8, 4) is 0 Å². The normalized spacial score (nSPS) is 11.9. The number of hydrogen-bond acceptors (Lipinski definition) is 4. The van der Waals surface area contributed by atoms with Gasteiger partial charge in [-0.05, 0) is 18.2 Å². The van der Waals surface area contributed by atoms with Crippen LogP contribution in [0.5, 0.6) is 0 Å². The number of halogens is 4. The number of aliphatic carboxylic acids is 1. The minimum absolute atomic E-state index is 0.157. The van der Waals surface area contributed by atoms with E-state index in [-0.39, 0.29) is 5.69 Å². The molecule has 0 radical (unpaired) electrons. The van der Waals surface area contributed by atoms with E-state index in [1.807, 2.05) is 0 Å². The van der Waals surface area contributed by atoms with Crippen LogP contribution >= 0.6 is 11.9 Å². The summed E-state index contributed by atoms with van der Waals surface area (Å²) >= 11 is 4.73. The van der Waals surface area contributed by atoms with Crippen molar-refractivity contribution in [1.29, 1.82) is 0 Å². The van der Waals surface area contributed by atoms with Crippen LogP contribution in [0.15, 0.2) is 36.0 Å². The number of carbonyl (C=O) groups is 2. The largest absolute Gasteiger partial charge is 0.477 e. The quantitative estimate of drug-likeness (QED) is 0.836. The second-order valence-corrected chi connectivity index (χ2v) is 3.62. The van der Waals surface area contributed by atoms with Gasteiger partial charge in [-0.25, -0.2) is 9.59 Å². The Morgan fingerprint density at radius 3 is 2.50 bits per heavy atom. The molecular formula is C11H7ClF3NO4. The molecule has 0 saturated carbocycles. The number of carboxylic acid groups (broad SMARTS) is 1. The van der Waals surface area contributed by atoms with Crippen LogP contribution in [-0.4, -0.2) is 17.0 Å². The third-order valence-corrected chi connectivity index (χ3v) is 2.19. The summed E-state index contributed by atoms with van der Waals surface area (Å²) in [6.45, 7) is 0. The van der Waals surface area contributed by atoms with E-state index in [0.717, 1.165) is 12.1 Å². The molecule has 0 unspecified atom stereocenters. The predicted octanol–water partition coefficient (Wildman–Crippen LogP) is 2.78. The minimum Gasteiger partial charge on any atom is -0.477 e. The number of carbonyl (C=O) groups excluding carboxylic acids is 1. The summed E-state index contributed by atoms with van der Waals surface area (Å²) in [4.78, 5) is 21.7. The maximum absolute atomic E-state index is 12.5. The SMILES string of the molecule is O=C(C=C(Nc1cccc(C(F)(F)F)c1)C(=O)O)OCl. The number of hydrogen-bond donors (Lipinski definition) is 2. The summed E-state index contributed by atoms with van der Waals surface area (Å²) in [5.74, 6) is -2.74. The van der Waals surface area contributed by atoms with Crippen molar-refractivity contribution in [2.75, 3.05) is 5.32 Å². The van der Waals surface area contributed by atoms with Crippen molar-refractivity contribution in [1.82, 2.24) is 0 Å². The van der Waals surface area contributed by atoms with Gasteiger partial charge in [-0.2, -0.15) is 13.2 Å². The first-order valence-corrected chi connectivity index (χ1v) is 5.26. The van der Waals surface area contributed by atoms with E-state index in [0.29, 0.717) is 12.1 Å². The summed E-state index contributed by atoms with van der Waals surface area (Å²) in [6.07, 6.45) is -4.07. The van der Waals surface area contributed by atoms with E-state index in [1.165, 1.54) is 6.07 Å². The van der Waals surface area contributed by atoms with Gasteiger partial charge < -0.3 is 14.7 Å². The van der Waals surface area contributed by atoms with E-state index in [4.69, 9.17) is 17.0 Å². The van der Waals surface area contributed by atoms with Crippen LogP contribution in [0.2, 0.25) is 0 Å². The maximum atomic E-state index is 12.5. The Balaban J connectivity index is 3.04. The van der Waals surface area contributed by atoms with E-state index in [1.54, 1.807) is 0 Å². The van der Waals surface area contributed by atoms with Crippen molar-refractivity contribution in [3.63, 3.8) is 0 Å². The van der Waals surface area contributed by atoms with Crippen LogP contribution in [0.1, 0.15) is 5.56 Å². The average Bonchev–Trinajstić information content (AvgIpc) is 2.37. The Hall–Kier alpha value is -2.22. The lowest BCUT2D eigenvalue weighted by Gasteiger charge is -2.10. The van der Waals surface area contributed by atoms with Gasteiger partial charge in [-0.3, -0.25) is 0 Å². The fourth-order valence-corrected chi connectivity index (χ4v) is 1.26. The van der Waals surface area contributed by atoms with Gasteiger partial charge in [0.1, 0.15) is 17.6 Å². The van der Waals surface area contributed by atoms with Crippen molar-refractivity contribution in [2.24, 2.45) is 0 Å². The summed E-state index contributed by atoms with van der Waals surface area (Å²) in [5, 5.41) is 11.0. The van der Waals surface area contributed by atoms with Crippen molar-refractivity contribution < 1.29 is 32.2 Å². The Bertz CT molecular complexity index is 557. The third kappa shape index (κ3) is 4.47. The molecule has 0 bridgehead atoms. The molecule has 0 heterocycles. The van der Waals surface area contributed by atoms with Gasteiger partial charge in [0, 0.05) is 5.69 Å². The van der Waals surface area contributed by atoms with Crippen molar-refractivity contribution in [2.45, 2.75) is 6.18 Å². The molecule has 0 spiro atoms. The summed E-state index contributed by atoms with van der Waals surface area (Å²) in [5.41, 5.74) is -1.81. The lowest BCUT2D eigenvalue weighted by molar-refractivity contribution is -0.137. The fraction of sp³-hybridized carbons (Fsp3) is 0.0909. The molecule has 0 aliphatic carbocycles. The molecule has 0 saturated heterocycles. The molecule has 0 aromatic heterocycles. The minimum atomic E-state index is -4.57. The number of benzene rings is 1. The Kier molecular flexibility index (Phi) is 4.98. The molecule has 20 heavy (non-hydrogen) atoms. The molecule has 9 heteroatoms. The topological polar surface area (TPSA) is 75.6 Å². The number of rotatable bonds is 4. The highest BCUT2D eigenvalue weighted by atomic mass is 35.5. The van der Waals surface area contributed by atoms with Gasteiger partial charge in [0.15, 0.2) is 0 Å². The van der Waals surface area contributed by atoms with Crippen LogP contribution in [0.4, 0.5) is 18.9 Å². The lowest BCUT2D eigenvalue weighted by atomic mass is 10.2. The summed E-state index contributed by atoms with van der Waals surface area (Å²) in [7, 11) is 0. The highest BCUT2D eigenvalue weighted by molar-refractivity contribution is 6.15. The van der Waals surface area contributed by atoms with Gasteiger partial charge in [-0.15, -0.1) is 0 Å². The maximum Gasteiger partial charge on any atom is 0.416 e.